The Morgan fingerprint density at radius 3 is 2.94 bits per heavy atom. The fourth-order valence-corrected chi connectivity index (χ4v) is 2.55. The zero-order valence-electron chi connectivity index (χ0n) is 10.1. The van der Waals surface area contributed by atoms with E-state index in [0.717, 1.165) is 17.5 Å². The predicted molar refractivity (Wildman–Crippen MR) is 65.1 cm³/mol. The van der Waals surface area contributed by atoms with Gasteiger partial charge < -0.3 is 9.64 Å². The molecule has 4 heteroatoms. The maximum absolute atomic E-state index is 12.1. The first kappa shape index (κ1) is 11.4. The molecule has 0 saturated carbocycles. The Kier molecular flexibility index (Phi) is 2.88. The van der Waals surface area contributed by atoms with E-state index in [4.69, 9.17) is 4.74 Å². The summed E-state index contributed by atoms with van der Waals surface area (Å²) in [5.74, 6) is 0.0630. The molecule has 0 N–H and O–H groups in total. The summed E-state index contributed by atoms with van der Waals surface area (Å²) in [5.41, 5.74) is 1.74. The van der Waals surface area contributed by atoms with E-state index < -0.39 is 0 Å². The minimum absolute atomic E-state index is 0.0264. The van der Waals surface area contributed by atoms with Gasteiger partial charge in [-0.25, -0.2) is 0 Å². The summed E-state index contributed by atoms with van der Waals surface area (Å²) < 4.78 is 5.21. The minimum Gasteiger partial charge on any atom is -0.381 e. The third-order valence-corrected chi connectivity index (χ3v) is 3.63. The molecular formula is C14H15NO3. The summed E-state index contributed by atoms with van der Waals surface area (Å²) in [4.78, 5) is 25.7. The predicted octanol–water partition coefficient (Wildman–Crippen LogP) is 1.25. The quantitative estimate of drug-likeness (QED) is 0.805. The number of rotatable bonds is 3. The number of hydrogen-bond acceptors (Lipinski definition) is 3. The number of nitrogens with zero attached hydrogens (tertiary/aromatic N) is 1. The molecule has 1 aromatic carbocycles. The molecule has 0 aliphatic carbocycles. The first-order chi connectivity index (χ1) is 8.75. The zero-order chi connectivity index (χ0) is 12.5. The minimum atomic E-state index is -0.0298. The van der Waals surface area contributed by atoms with Gasteiger partial charge in [-0.3, -0.25) is 9.59 Å². The van der Waals surface area contributed by atoms with Crippen LogP contribution in [0.5, 0.6) is 0 Å². The lowest BCUT2D eigenvalue weighted by molar-refractivity contribution is -0.123. The number of fused-ring (bicyclic) bond motifs is 1. The van der Waals surface area contributed by atoms with Gasteiger partial charge in [0, 0.05) is 24.6 Å². The highest BCUT2D eigenvalue weighted by Crippen LogP contribution is 2.23. The van der Waals surface area contributed by atoms with Gasteiger partial charge >= 0.3 is 0 Å². The molecule has 0 spiro atoms. The molecule has 2 heterocycles. The molecule has 0 bridgehead atoms. The van der Waals surface area contributed by atoms with Crippen LogP contribution in [-0.2, 0) is 16.1 Å². The van der Waals surface area contributed by atoms with E-state index in [9.17, 15) is 9.59 Å². The van der Waals surface area contributed by atoms with Crippen molar-refractivity contribution in [3.63, 3.8) is 0 Å². The normalized spacial score (nSPS) is 22.3. The number of amides is 1. The van der Waals surface area contributed by atoms with Crippen LogP contribution in [0, 0.1) is 5.92 Å². The van der Waals surface area contributed by atoms with E-state index in [1.165, 1.54) is 0 Å². The molecule has 18 heavy (non-hydrogen) atoms. The van der Waals surface area contributed by atoms with Gasteiger partial charge in [0.1, 0.15) is 0 Å². The maximum atomic E-state index is 12.1. The average Bonchev–Trinajstić information content (AvgIpc) is 3.00. The Balaban J connectivity index is 1.69. The van der Waals surface area contributed by atoms with Crippen LogP contribution in [0.2, 0.25) is 0 Å². The molecule has 2 aliphatic heterocycles. The lowest BCUT2D eigenvalue weighted by Crippen LogP contribution is -2.33. The third-order valence-electron chi connectivity index (χ3n) is 3.63. The van der Waals surface area contributed by atoms with E-state index >= 15 is 0 Å². The molecule has 0 radical (unpaired) electrons. The van der Waals surface area contributed by atoms with Crippen molar-refractivity contribution in [3.8, 4) is 0 Å². The second-order valence-corrected chi connectivity index (χ2v) is 4.85. The molecule has 1 amide bonds. The molecular weight excluding hydrogens is 230 g/mol. The van der Waals surface area contributed by atoms with Crippen LogP contribution in [0.4, 0.5) is 0 Å². The number of hydrogen-bond donors (Lipinski definition) is 0. The van der Waals surface area contributed by atoms with Crippen LogP contribution >= 0.6 is 0 Å². The number of benzene rings is 1. The molecule has 1 fully saturated rings. The number of carbonyl (C=O) groups is 2. The van der Waals surface area contributed by atoms with E-state index in [1.807, 2.05) is 24.3 Å². The van der Waals surface area contributed by atoms with Crippen molar-refractivity contribution in [2.24, 2.45) is 5.92 Å². The number of carbonyl (C=O) groups excluding carboxylic acids is 2. The fourth-order valence-electron chi connectivity index (χ4n) is 2.55. The summed E-state index contributed by atoms with van der Waals surface area (Å²) in [7, 11) is 0. The van der Waals surface area contributed by atoms with Gasteiger partial charge in [-0.1, -0.05) is 18.2 Å². The van der Waals surface area contributed by atoms with Crippen LogP contribution in [0.15, 0.2) is 24.3 Å². The van der Waals surface area contributed by atoms with Gasteiger partial charge in [-0.15, -0.1) is 0 Å². The summed E-state index contributed by atoms with van der Waals surface area (Å²) in [6.45, 7) is 1.92. The molecule has 2 aliphatic rings. The van der Waals surface area contributed by atoms with Crippen LogP contribution in [-0.4, -0.2) is 36.3 Å². The first-order valence-corrected chi connectivity index (χ1v) is 6.23. The molecule has 94 valence electrons. The Morgan fingerprint density at radius 2 is 2.22 bits per heavy atom. The van der Waals surface area contributed by atoms with Crippen molar-refractivity contribution >= 4 is 11.7 Å². The van der Waals surface area contributed by atoms with Crippen LogP contribution in [0.3, 0.4) is 0 Å². The van der Waals surface area contributed by atoms with E-state index in [0.29, 0.717) is 19.8 Å². The molecule has 3 rings (SSSR count). The van der Waals surface area contributed by atoms with Crippen LogP contribution in [0.1, 0.15) is 22.3 Å². The molecule has 1 aromatic rings. The molecule has 0 aromatic heterocycles. The topological polar surface area (TPSA) is 46.6 Å². The third kappa shape index (κ3) is 1.93. The second-order valence-electron chi connectivity index (χ2n) is 4.85. The number of ether oxygens (including phenoxy) is 1. The van der Waals surface area contributed by atoms with E-state index in [1.54, 1.807) is 4.90 Å². The van der Waals surface area contributed by atoms with E-state index in [2.05, 4.69) is 0 Å². The standard InChI is InChI=1S/C14H15NO3/c16-13(11-5-6-18-9-11)8-15-7-10-3-1-2-4-12(10)14(15)17/h1-4,11H,5-9H2. The van der Waals surface area contributed by atoms with Gasteiger partial charge in [-0.05, 0) is 18.1 Å². The summed E-state index contributed by atoms with van der Waals surface area (Å²) in [5, 5.41) is 0. The van der Waals surface area contributed by atoms with Crippen LogP contribution < -0.4 is 0 Å². The van der Waals surface area contributed by atoms with Gasteiger partial charge in [-0.2, -0.15) is 0 Å². The maximum Gasteiger partial charge on any atom is 0.254 e. The highest BCUT2D eigenvalue weighted by atomic mass is 16.5. The lowest BCUT2D eigenvalue weighted by atomic mass is 10.0. The Labute approximate surface area is 106 Å². The molecule has 1 atom stereocenters. The second kappa shape index (κ2) is 4.53. The van der Waals surface area contributed by atoms with Crippen molar-refractivity contribution < 1.29 is 14.3 Å². The average molecular weight is 245 g/mol. The largest absolute Gasteiger partial charge is 0.381 e. The SMILES string of the molecule is O=C(CN1Cc2ccccc2C1=O)C1CCOC1. The number of ketones is 1. The Morgan fingerprint density at radius 1 is 1.39 bits per heavy atom. The first-order valence-electron chi connectivity index (χ1n) is 6.23. The molecule has 1 unspecified atom stereocenters. The molecule has 1 saturated heterocycles. The number of Topliss-reactive ketones (excluding diaryl/α,β-unsaturated/α-hetero) is 1. The van der Waals surface area contributed by atoms with Crippen LogP contribution in [0.25, 0.3) is 0 Å². The summed E-state index contributed by atoms with van der Waals surface area (Å²) in [6, 6.07) is 7.53. The van der Waals surface area contributed by atoms with Gasteiger partial charge in [0.2, 0.25) is 0 Å². The van der Waals surface area contributed by atoms with Gasteiger partial charge in [0.15, 0.2) is 5.78 Å². The smallest absolute Gasteiger partial charge is 0.254 e. The lowest BCUT2D eigenvalue weighted by Gasteiger charge is -2.16. The highest BCUT2D eigenvalue weighted by Gasteiger charge is 2.31. The molecule has 4 nitrogen and oxygen atoms in total. The summed E-state index contributed by atoms with van der Waals surface area (Å²) in [6.07, 6.45) is 0.786. The monoisotopic (exact) mass is 245 g/mol. The Hall–Kier alpha value is -1.68. The van der Waals surface area contributed by atoms with E-state index in [-0.39, 0.29) is 24.2 Å². The summed E-state index contributed by atoms with van der Waals surface area (Å²) >= 11 is 0. The van der Waals surface area contributed by atoms with Crippen molar-refractivity contribution in [3.05, 3.63) is 35.4 Å². The van der Waals surface area contributed by atoms with Crippen molar-refractivity contribution in [2.75, 3.05) is 19.8 Å². The van der Waals surface area contributed by atoms with Gasteiger partial charge in [0.25, 0.3) is 5.91 Å². The Bertz CT molecular complexity index is 492. The van der Waals surface area contributed by atoms with Crippen molar-refractivity contribution in [2.45, 2.75) is 13.0 Å². The zero-order valence-corrected chi connectivity index (χ0v) is 10.1. The fraction of sp³-hybridized carbons (Fsp3) is 0.429. The van der Waals surface area contributed by atoms with Crippen molar-refractivity contribution in [1.82, 2.24) is 4.90 Å². The van der Waals surface area contributed by atoms with Crippen molar-refractivity contribution in [1.29, 1.82) is 0 Å². The van der Waals surface area contributed by atoms with Gasteiger partial charge in [0.05, 0.1) is 13.2 Å². The highest BCUT2D eigenvalue weighted by molar-refractivity contribution is 6.00.